The molecule has 0 bridgehead atoms. The maximum Gasteiger partial charge on any atom is 0.132 e. The lowest BCUT2D eigenvalue weighted by Crippen LogP contribution is -2.46. The smallest absolute Gasteiger partial charge is 0.132 e. The van der Waals surface area contributed by atoms with Crippen LogP contribution >= 0.6 is 0 Å². The van der Waals surface area contributed by atoms with Crippen LogP contribution < -0.4 is 9.80 Å². The van der Waals surface area contributed by atoms with Gasteiger partial charge >= 0.3 is 0 Å². The van der Waals surface area contributed by atoms with Crippen molar-refractivity contribution in [3.63, 3.8) is 0 Å². The number of nitrogens with zero attached hydrogens (tertiary/aromatic N) is 5. The minimum atomic E-state index is 0.844. The molecule has 1 aliphatic rings. The summed E-state index contributed by atoms with van der Waals surface area (Å²) in [6, 6.07) is 6.19. The predicted molar refractivity (Wildman–Crippen MR) is 80.2 cm³/mol. The maximum absolute atomic E-state index is 4.54. The van der Waals surface area contributed by atoms with Gasteiger partial charge in [0.2, 0.25) is 0 Å². The van der Waals surface area contributed by atoms with E-state index in [-0.39, 0.29) is 0 Å². The molecule has 2 aromatic heterocycles. The number of anilines is 2. The van der Waals surface area contributed by atoms with Gasteiger partial charge in [-0.1, -0.05) is 0 Å². The van der Waals surface area contributed by atoms with E-state index in [4.69, 9.17) is 0 Å². The second-order valence-electron chi connectivity index (χ2n) is 5.09. The van der Waals surface area contributed by atoms with Gasteiger partial charge < -0.3 is 9.80 Å². The van der Waals surface area contributed by atoms with E-state index in [2.05, 4.69) is 43.0 Å². The highest BCUT2D eigenvalue weighted by molar-refractivity contribution is 5.48. The van der Waals surface area contributed by atoms with Crippen molar-refractivity contribution in [3.8, 4) is 0 Å². The molecule has 0 N–H and O–H groups in total. The van der Waals surface area contributed by atoms with E-state index in [0.717, 1.165) is 43.5 Å². The molecule has 20 heavy (non-hydrogen) atoms. The van der Waals surface area contributed by atoms with Gasteiger partial charge in [-0.05, 0) is 26.0 Å². The first-order valence-electron chi connectivity index (χ1n) is 6.94. The molecular formula is C15H19N5. The van der Waals surface area contributed by atoms with Gasteiger partial charge in [0, 0.05) is 56.0 Å². The molecule has 1 fully saturated rings. The lowest BCUT2D eigenvalue weighted by Gasteiger charge is -2.36. The standard InChI is InChI=1S/C15H19N5/c1-12-11-15(18-13(2)17-12)20-9-7-19(8-10-20)14-3-5-16-6-4-14/h3-6,11H,7-10H2,1-2H3. The first-order chi connectivity index (χ1) is 9.72. The van der Waals surface area contributed by atoms with Gasteiger partial charge in [-0.2, -0.15) is 0 Å². The molecule has 0 atom stereocenters. The second kappa shape index (κ2) is 5.45. The van der Waals surface area contributed by atoms with Crippen molar-refractivity contribution < 1.29 is 0 Å². The molecule has 5 nitrogen and oxygen atoms in total. The summed E-state index contributed by atoms with van der Waals surface area (Å²) in [5.41, 5.74) is 2.28. The number of aryl methyl sites for hydroxylation is 2. The van der Waals surface area contributed by atoms with Crippen LogP contribution in [0.4, 0.5) is 11.5 Å². The summed E-state index contributed by atoms with van der Waals surface area (Å²) in [5, 5.41) is 0. The predicted octanol–water partition coefficient (Wildman–Crippen LogP) is 1.82. The van der Waals surface area contributed by atoms with E-state index in [1.165, 1.54) is 5.69 Å². The molecule has 0 aromatic carbocycles. The average Bonchev–Trinajstić information content (AvgIpc) is 2.47. The molecule has 0 spiro atoms. The van der Waals surface area contributed by atoms with Crippen LogP contribution in [0.2, 0.25) is 0 Å². The van der Waals surface area contributed by atoms with E-state index >= 15 is 0 Å². The lowest BCUT2D eigenvalue weighted by atomic mass is 10.2. The lowest BCUT2D eigenvalue weighted by molar-refractivity contribution is 0.645. The molecule has 0 saturated carbocycles. The Hall–Kier alpha value is -2.17. The first-order valence-corrected chi connectivity index (χ1v) is 6.94. The Morgan fingerprint density at radius 3 is 2.20 bits per heavy atom. The van der Waals surface area contributed by atoms with Crippen molar-refractivity contribution in [1.29, 1.82) is 0 Å². The summed E-state index contributed by atoms with van der Waals surface area (Å²) in [5.74, 6) is 1.89. The van der Waals surface area contributed by atoms with Crippen molar-refractivity contribution in [2.75, 3.05) is 36.0 Å². The molecule has 3 rings (SSSR count). The Balaban J connectivity index is 1.69. The fourth-order valence-electron chi connectivity index (χ4n) is 2.61. The maximum atomic E-state index is 4.54. The van der Waals surface area contributed by atoms with E-state index < -0.39 is 0 Å². The van der Waals surface area contributed by atoms with E-state index in [1.54, 1.807) is 0 Å². The van der Waals surface area contributed by atoms with Crippen molar-refractivity contribution >= 4 is 11.5 Å². The highest BCUT2D eigenvalue weighted by Crippen LogP contribution is 2.19. The van der Waals surface area contributed by atoms with E-state index in [0.29, 0.717) is 0 Å². The second-order valence-corrected chi connectivity index (χ2v) is 5.09. The fourth-order valence-corrected chi connectivity index (χ4v) is 2.61. The summed E-state index contributed by atoms with van der Waals surface area (Å²) >= 11 is 0. The highest BCUT2D eigenvalue weighted by Gasteiger charge is 2.18. The Kier molecular flexibility index (Phi) is 3.50. The van der Waals surface area contributed by atoms with Gasteiger partial charge in [0.25, 0.3) is 0 Å². The Morgan fingerprint density at radius 2 is 1.55 bits per heavy atom. The van der Waals surface area contributed by atoms with Gasteiger partial charge in [0.15, 0.2) is 0 Å². The zero-order valence-corrected chi connectivity index (χ0v) is 12.0. The minimum Gasteiger partial charge on any atom is -0.368 e. The number of hydrogen-bond donors (Lipinski definition) is 0. The van der Waals surface area contributed by atoms with Crippen LogP contribution in [0.1, 0.15) is 11.5 Å². The normalized spacial score (nSPS) is 15.5. The van der Waals surface area contributed by atoms with Crippen LogP contribution in [0, 0.1) is 13.8 Å². The summed E-state index contributed by atoms with van der Waals surface area (Å²) in [7, 11) is 0. The average molecular weight is 269 g/mol. The Labute approximate surface area is 119 Å². The van der Waals surface area contributed by atoms with Crippen molar-refractivity contribution in [2.24, 2.45) is 0 Å². The Morgan fingerprint density at radius 1 is 0.900 bits per heavy atom. The van der Waals surface area contributed by atoms with E-state index in [1.807, 2.05) is 26.2 Å². The molecule has 0 radical (unpaired) electrons. The molecule has 1 aliphatic heterocycles. The molecule has 5 heteroatoms. The number of rotatable bonds is 2. The van der Waals surface area contributed by atoms with Gasteiger partial charge in [-0.15, -0.1) is 0 Å². The third-order valence-electron chi connectivity index (χ3n) is 3.58. The molecule has 3 heterocycles. The third-order valence-corrected chi connectivity index (χ3v) is 3.58. The van der Waals surface area contributed by atoms with Crippen LogP contribution in [0.25, 0.3) is 0 Å². The van der Waals surface area contributed by atoms with Crippen molar-refractivity contribution in [1.82, 2.24) is 15.0 Å². The third kappa shape index (κ3) is 2.71. The summed E-state index contributed by atoms with van der Waals surface area (Å²) in [6.45, 7) is 7.95. The largest absolute Gasteiger partial charge is 0.368 e. The fraction of sp³-hybridized carbons (Fsp3) is 0.400. The molecule has 0 amide bonds. The van der Waals surface area contributed by atoms with Gasteiger partial charge in [0.05, 0.1) is 0 Å². The SMILES string of the molecule is Cc1cc(N2CCN(c3ccncc3)CC2)nc(C)n1. The van der Waals surface area contributed by atoms with Gasteiger partial charge in [0.1, 0.15) is 11.6 Å². The summed E-state index contributed by atoms with van der Waals surface area (Å²) in [4.78, 5) is 17.7. The highest BCUT2D eigenvalue weighted by atomic mass is 15.3. The van der Waals surface area contributed by atoms with Gasteiger partial charge in [-0.3, -0.25) is 4.98 Å². The summed E-state index contributed by atoms with van der Waals surface area (Å²) in [6.07, 6.45) is 3.69. The van der Waals surface area contributed by atoms with Crippen LogP contribution in [0.15, 0.2) is 30.6 Å². The monoisotopic (exact) mass is 269 g/mol. The first kappa shape index (κ1) is 12.8. The zero-order chi connectivity index (χ0) is 13.9. The Bertz CT molecular complexity index is 556. The summed E-state index contributed by atoms with van der Waals surface area (Å²) < 4.78 is 0. The molecule has 2 aromatic rings. The quantitative estimate of drug-likeness (QED) is 0.832. The van der Waals surface area contributed by atoms with Gasteiger partial charge in [-0.25, -0.2) is 9.97 Å². The van der Waals surface area contributed by atoms with Crippen LogP contribution in [0.3, 0.4) is 0 Å². The molecule has 0 aliphatic carbocycles. The molecule has 1 saturated heterocycles. The molecular weight excluding hydrogens is 250 g/mol. The van der Waals surface area contributed by atoms with Crippen LogP contribution in [-0.4, -0.2) is 41.1 Å². The topological polar surface area (TPSA) is 45.2 Å². The minimum absolute atomic E-state index is 0.844. The number of hydrogen-bond acceptors (Lipinski definition) is 5. The van der Waals surface area contributed by atoms with E-state index in [9.17, 15) is 0 Å². The zero-order valence-electron chi connectivity index (χ0n) is 12.0. The van der Waals surface area contributed by atoms with Crippen molar-refractivity contribution in [3.05, 3.63) is 42.1 Å². The van der Waals surface area contributed by atoms with Crippen LogP contribution in [-0.2, 0) is 0 Å². The molecule has 0 unspecified atom stereocenters. The number of aromatic nitrogens is 3. The number of pyridine rings is 1. The number of piperazine rings is 1. The van der Waals surface area contributed by atoms with Crippen LogP contribution in [0.5, 0.6) is 0 Å². The molecule has 104 valence electrons. The van der Waals surface area contributed by atoms with Crippen molar-refractivity contribution in [2.45, 2.75) is 13.8 Å².